The zero-order chi connectivity index (χ0) is 38.2. The van der Waals surface area contributed by atoms with E-state index in [1.807, 2.05) is 6.08 Å². The van der Waals surface area contributed by atoms with Gasteiger partial charge in [0, 0.05) is 19.4 Å². The standard InChI is InChI=1S/C42H74NO8P/c1-3-5-7-9-11-13-15-17-19-20-21-23-25-27-29-31-33-35-42(45)51-40(39-50-52(46,47)49-37-36-43)38-48-41(44)34-32-30-28-26-24-22-18-16-14-12-10-8-6-4-2/h5,7,11,13,17,19,21,23,27,29,40H,3-4,6,8-10,12,14-16,18,20,22,24-26,28,30-39,43H2,1-2H3,(H,46,47). The van der Waals surface area contributed by atoms with Gasteiger partial charge in [0.05, 0.1) is 13.2 Å². The smallest absolute Gasteiger partial charge is 0.462 e. The lowest BCUT2D eigenvalue weighted by molar-refractivity contribution is -0.161. The number of phosphoric acid groups is 1. The van der Waals surface area contributed by atoms with Crippen LogP contribution in [0.2, 0.25) is 0 Å². The van der Waals surface area contributed by atoms with Crippen molar-refractivity contribution in [2.24, 2.45) is 5.73 Å². The fourth-order valence-corrected chi connectivity index (χ4v) is 5.96. The third kappa shape index (κ3) is 37.5. The van der Waals surface area contributed by atoms with Crippen molar-refractivity contribution in [1.29, 1.82) is 0 Å². The molecule has 3 N–H and O–H groups in total. The number of allylic oxidation sites excluding steroid dienone is 10. The second kappa shape index (κ2) is 38.4. The second-order valence-corrected chi connectivity index (χ2v) is 14.6. The zero-order valence-electron chi connectivity index (χ0n) is 32.8. The maximum absolute atomic E-state index is 12.5. The van der Waals surface area contributed by atoms with Crippen LogP contribution in [0.15, 0.2) is 60.8 Å². The third-order valence-corrected chi connectivity index (χ3v) is 9.15. The van der Waals surface area contributed by atoms with Crippen molar-refractivity contribution in [3.8, 4) is 0 Å². The molecule has 0 aliphatic rings. The van der Waals surface area contributed by atoms with Crippen LogP contribution in [0.3, 0.4) is 0 Å². The number of carbonyl (C=O) groups excluding carboxylic acids is 2. The summed E-state index contributed by atoms with van der Waals surface area (Å²) in [6.07, 6.45) is 44.0. The summed E-state index contributed by atoms with van der Waals surface area (Å²) in [4.78, 5) is 34.8. The molecule has 2 unspecified atom stereocenters. The van der Waals surface area contributed by atoms with Gasteiger partial charge in [-0.15, -0.1) is 0 Å². The van der Waals surface area contributed by atoms with E-state index in [9.17, 15) is 19.0 Å². The third-order valence-electron chi connectivity index (χ3n) is 8.17. The number of hydrogen-bond acceptors (Lipinski definition) is 8. The molecule has 0 bridgehead atoms. The van der Waals surface area contributed by atoms with Crippen LogP contribution >= 0.6 is 7.82 Å². The molecule has 0 saturated carbocycles. The Morgan fingerprint density at radius 2 is 1.06 bits per heavy atom. The summed E-state index contributed by atoms with van der Waals surface area (Å²) < 4.78 is 32.6. The van der Waals surface area contributed by atoms with E-state index >= 15 is 0 Å². The average molecular weight is 752 g/mol. The number of nitrogens with two attached hydrogens (primary N) is 1. The molecule has 9 nitrogen and oxygen atoms in total. The van der Waals surface area contributed by atoms with Gasteiger partial charge in [0.25, 0.3) is 0 Å². The summed E-state index contributed by atoms with van der Waals surface area (Å²) in [5.74, 6) is -0.899. The Morgan fingerprint density at radius 1 is 0.596 bits per heavy atom. The molecule has 0 aliphatic carbocycles. The van der Waals surface area contributed by atoms with Gasteiger partial charge in [0.1, 0.15) is 6.61 Å². The van der Waals surface area contributed by atoms with Gasteiger partial charge in [-0.1, -0.05) is 158 Å². The minimum Gasteiger partial charge on any atom is -0.462 e. The minimum absolute atomic E-state index is 0.0427. The highest BCUT2D eigenvalue weighted by Crippen LogP contribution is 2.43. The first-order chi connectivity index (χ1) is 25.3. The van der Waals surface area contributed by atoms with Crippen LogP contribution in [-0.4, -0.2) is 49.3 Å². The molecule has 0 radical (unpaired) electrons. The molecule has 10 heteroatoms. The Kier molecular flexibility index (Phi) is 36.7. The molecular weight excluding hydrogens is 677 g/mol. The maximum atomic E-state index is 12.5. The minimum atomic E-state index is -4.39. The predicted molar refractivity (Wildman–Crippen MR) is 215 cm³/mol. The molecule has 0 aromatic rings. The number of hydrogen-bond donors (Lipinski definition) is 2. The van der Waals surface area contributed by atoms with Gasteiger partial charge in [-0.05, 0) is 51.4 Å². The molecule has 0 aliphatic heterocycles. The van der Waals surface area contributed by atoms with Gasteiger partial charge in [-0.3, -0.25) is 18.6 Å². The van der Waals surface area contributed by atoms with E-state index in [1.165, 1.54) is 70.6 Å². The Bertz CT molecular complexity index is 1040. The SMILES string of the molecule is CCC=CCC=CCC=CCC=CCC=CCCCC(=O)OC(COC(=O)CCCCCCCCCCCCCCCC)COP(=O)(O)OCCN. The number of ether oxygens (including phenoxy) is 2. The van der Waals surface area contributed by atoms with Crippen LogP contribution in [0.1, 0.15) is 162 Å². The van der Waals surface area contributed by atoms with Crippen LogP contribution in [0.5, 0.6) is 0 Å². The van der Waals surface area contributed by atoms with Gasteiger partial charge in [-0.2, -0.15) is 0 Å². The van der Waals surface area contributed by atoms with Crippen molar-refractivity contribution in [2.75, 3.05) is 26.4 Å². The highest BCUT2D eigenvalue weighted by Gasteiger charge is 2.25. The number of rotatable bonds is 37. The van der Waals surface area contributed by atoms with E-state index in [1.54, 1.807) is 0 Å². The van der Waals surface area contributed by atoms with E-state index in [0.29, 0.717) is 12.8 Å². The molecule has 0 saturated heterocycles. The maximum Gasteiger partial charge on any atom is 0.472 e. The lowest BCUT2D eigenvalue weighted by Gasteiger charge is -2.19. The Labute approximate surface area is 317 Å². The normalized spacial score (nSPS) is 14.0. The quantitative estimate of drug-likeness (QED) is 0.0275. The first-order valence-electron chi connectivity index (χ1n) is 20.3. The highest BCUT2D eigenvalue weighted by molar-refractivity contribution is 7.47. The molecular formula is C42H74NO8P. The molecule has 0 aromatic carbocycles. The van der Waals surface area contributed by atoms with Gasteiger partial charge >= 0.3 is 19.8 Å². The first kappa shape index (κ1) is 49.7. The number of phosphoric ester groups is 1. The summed E-state index contributed by atoms with van der Waals surface area (Å²) >= 11 is 0. The van der Waals surface area contributed by atoms with Crippen molar-refractivity contribution in [1.82, 2.24) is 0 Å². The van der Waals surface area contributed by atoms with Crippen molar-refractivity contribution in [2.45, 2.75) is 168 Å². The second-order valence-electron chi connectivity index (χ2n) is 13.1. The van der Waals surface area contributed by atoms with Crippen molar-refractivity contribution in [3.05, 3.63) is 60.8 Å². The van der Waals surface area contributed by atoms with E-state index in [0.717, 1.165) is 51.4 Å². The molecule has 0 fully saturated rings. The van der Waals surface area contributed by atoms with Gasteiger partial charge in [0.2, 0.25) is 0 Å². The van der Waals surface area contributed by atoms with E-state index < -0.39 is 32.5 Å². The molecule has 0 amide bonds. The molecule has 2 atom stereocenters. The molecule has 0 spiro atoms. The van der Waals surface area contributed by atoms with E-state index in [-0.39, 0.29) is 32.6 Å². The summed E-state index contributed by atoms with van der Waals surface area (Å²) in [6, 6.07) is 0. The van der Waals surface area contributed by atoms with Crippen LogP contribution in [0, 0.1) is 0 Å². The summed E-state index contributed by atoms with van der Waals surface area (Å²) in [6.45, 7) is 3.54. The van der Waals surface area contributed by atoms with Crippen molar-refractivity contribution >= 4 is 19.8 Å². The summed E-state index contributed by atoms with van der Waals surface area (Å²) in [5.41, 5.74) is 5.33. The molecule has 0 aromatic heterocycles. The van der Waals surface area contributed by atoms with E-state index in [2.05, 4.69) is 68.5 Å². The molecule has 0 rings (SSSR count). The lowest BCUT2D eigenvalue weighted by Crippen LogP contribution is -2.29. The van der Waals surface area contributed by atoms with Crippen molar-refractivity contribution < 1.29 is 37.6 Å². The number of esters is 2. The topological polar surface area (TPSA) is 134 Å². The van der Waals surface area contributed by atoms with Crippen molar-refractivity contribution in [3.63, 3.8) is 0 Å². The van der Waals surface area contributed by atoms with Gasteiger partial charge in [0.15, 0.2) is 6.10 Å². The fraction of sp³-hybridized carbons (Fsp3) is 0.714. The van der Waals surface area contributed by atoms with Crippen LogP contribution in [-0.2, 0) is 32.7 Å². The largest absolute Gasteiger partial charge is 0.472 e. The monoisotopic (exact) mass is 752 g/mol. The first-order valence-corrected chi connectivity index (χ1v) is 21.8. The molecule has 0 heterocycles. The fourth-order valence-electron chi connectivity index (χ4n) is 5.20. The number of unbranched alkanes of at least 4 members (excludes halogenated alkanes) is 14. The van der Waals surface area contributed by atoms with Crippen LogP contribution in [0.4, 0.5) is 0 Å². The summed E-state index contributed by atoms with van der Waals surface area (Å²) in [7, 11) is -4.39. The molecule has 300 valence electrons. The Morgan fingerprint density at radius 3 is 1.56 bits per heavy atom. The lowest BCUT2D eigenvalue weighted by atomic mass is 10.0. The zero-order valence-corrected chi connectivity index (χ0v) is 33.7. The van der Waals surface area contributed by atoms with Crippen LogP contribution < -0.4 is 5.73 Å². The predicted octanol–water partition coefficient (Wildman–Crippen LogP) is 11.3. The average Bonchev–Trinajstić information content (AvgIpc) is 3.13. The van der Waals surface area contributed by atoms with Gasteiger partial charge < -0.3 is 20.1 Å². The number of carbonyl (C=O) groups is 2. The Balaban J connectivity index is 4.30. The summed E-state index contributed by atoms with van der Waals surface area (Å²) in [5, 5.41) is 0. The Hall–Kier alpha value is -2.29. The van der Waals surface area contributed by atoms with E-state index in [4.69, 9.17) is 24.3 Å². The van der Waals surface area contributed by atoms with Crippen LogP contribution in [0.25, 0.3) is 0 Å². The highest BCUT2D eigenvalue weighted by atomic mass is 31.2. The molecule has 52 heavy (non-hydrogen) atoms. The van der Waals surface area contributed by atoms with Gasteiger partial charge in [-0.25, -0.2) is 4.57 Å².